The van der Waals surface area contributed by atoms with Crippen LogP contribution in [0.2, 0.25) is 5.15 Å². The molecule has 0 radical (unpaired) electrons. The topological polar surface area (TPSA) is 84.2 Å². The van der Waals surface area contributed by atoms with E-state index in [4.69, 9.17) is 16.0 Å². The van der Waals surface area contributed by atoms with Crippen molar-refractivity contribution >= 4 is 34.8 Å². The summed E-state index contributed by atoms with van der Waals surface area (Å²) < 4.78 is 5.02. The van der Waals surface area contributed by atoms with E-state index in [1.165, 1.54) is 12.5 Å². The second kappa shape index (κ2) is 6.97. The number of hydrogen-bond acceptors (Lipinski definition) is 4. The van der Waals surface area contributed by atoms with E-state index in [9.17, 15) is 9.59 Å². The van der Waals surface area contributed by atoms with Gasteiger partial charge in [0.15, 0.2) is 5.76 Å². The number of hydrogen-bond donors (Lipinski definition) is 2. The number of benzene rings is 1. The minimum absolute atomic E-state index is 0.136. The zero-order valence-electron chi connectivity index (χ0n) is 12.3. The molecule has 1 aromatic carbocycles. The first-order valence-electron chi connectivity index (χ1n) is 7.00. The van der Waals surface area contributed by atoms with Crippen molar-refractivity contribution in [1.29, 1.82) is 0 Å². The number of amides is 2. The molecule has 0 aliphatic carbocycles. The van der Waals surface area contributed by atoms with Gasteiger partial charge in [-0.25, -0.2) is 4.98 Å². The molecule has 0 aliphatic rings. The third-order valence-corrected chi connectivity index (χ3v) is 3.45. The molecule has 2 heterocycles. The number of pyridine rings is 1. The summed E-state index contributed by atoms with van der Waals surface area (Å²) in [5.41, 5.74) is 1.43. The Kier molecular flexibility index (Phi) is 4.58. The molecular weight excluding hydrogens is 330 g/mol. The van der Waals surface area contributed by atoms with Gasteiger partial charge in [0, 0.05) is 17.6 Å². The van der Waals surface area contributed by atoms with Gasteiger partial charge in [0.25, 0.3) is 11.8 Å². The van der Waals surface area contributed by atoms with E-state index in [1.54, 1.807) is 48.5 Å². The number of rotatable bonds is 4. The van der Waals surface area contributed by atoms with Gasteiger partial charge in [0.1, 0.15) is 5.15 Å². The van der Waals surface area contributed by atoms with Gasteiger partial charge in [-0.3, -0.25) is 9.59 Å². The van der Waals surface area contributed by atoms with Crippen LogP contribution in [0.4, 0.5) is 11.4 Å². The third kappa shape index (κ3) is 3.61. The van der Waals surface area contributed by atoms with Crippen molar-refractivity contribution in [3.63, 3.8) is 0 Å². The Morgan fingerprint density at radius 3 is 2.17 bits per heavy atom. The Labute approximate surface area is 142 Å². The summed E-state index contributed by atoms with van der Waals surface area (Å²) in [6.07, 6.45) is 2.94. The minimum atomic E-state index is -0.361. The average molecular weight is 342 g/mol. The molecule has 0 unspecified atom stereocenters. The first-order chi connectivity index (χ1) is 11.6. The highest BCUT2D eigenvalue weighted by atomic mass is 35.5. The summed E-state index contributed by atoms with van der Waals surface area (Å²) >= 11 is 5.89. The number of nitrogens with one attached hydrogen (secondary N) is 2. The maximum absolute atomic E-state index is 12.1. The highest BCUT2D eigenvalue weighted by Crippen LogP contribution is 2.17. The Hall–Kier alpha value is -3.12. The predicted octanol–water partition coefficient (Wildman–Crippen LogP) is 3.83. The van der Waals surface area contributed by atoms with E-state index in [0.29, 0.717) is 11.4 Å². The molecule has 0 aliphatic heterocycles. The van der Waals surface area contributed by atoms with Crippen molar-refractivity contribution in [2.75, 3.05) is 10.6 Å². The van der Waals surface area contributed by atoms with Gasteiger partial charge in [-0.15, -0.1) is 0 Å². The first-order valence-corrected chi connectivity index (χ1v) is 7.38. The number of carbonyl (C=O) groups excluding carboxylic acids is 2. The standard InChI is InChI=1S/C17H12ClN3O3/c18-15-13(3-1-9-19-15)16(22)20-11-5-7-12(8-6-11)21-17(23)14-4-2-10-24-14/h1-10H,(H,20,22)(H,21,23). The Balaban J connectivity index is 1.65. The van der Waals surface area contributed by atoms with Crippen molar-refractivity contribution in [3.05, 3.63) is 77.5 Å². The summed E-state index contributed by atoms with van der Waals surface area (Å²) in [6.45, 7) is 0. The van der Waals surface area contributed by atoms with Crippen LogP contribution in [0.1, 0.15) is 20.9 Å². The lowest BCUT2D eigenvalue weighted by Gasteiger charge is -2.08. The van der Waals surface area contributed by atoms with Crippen molar-refractivity contribution in [1.82, 2.24) is 4.98 Å². The molecule has 7 heteroatoms. The molecule has 3 rings (SSSR count). The van der Waals surface area contributed by atoms with Crippen LogP contribution in [-0.4, -0.2) is 16.8 Å². The number of furan rings is 1. The second-order valence-corrected chi connectivity index (χ2v) is 5.16. The summed E-state index contributed by atoms with van der Waals surface area (Å²) in [6, 6.07) is 13.1. The first kappa shape index (κ1) is 15.8. The SMILES string of the molecule is O=C(Nc1ccc(NC(=O)c2cccnc2Cl)cc1)c1ccco1. The monoisotopic (exact) mass is 341 g/mol. The lowest BCUT2D eigenvalue weighted by Crippen LogP contribution is -2.13. The summed E-state index contributed by atoms with van der Waals surface area (Å²) in [7, 11) is 0. The molecule has 2 aromatic heterocycles. The maximum atomic E-state index is 12.1. The van der Waals surface area contributed by atoms with Gasteiger partial charge < -0.3 is 15.1 Å². The van der Waals surface area contributed by atoms with Gasteiger partial charge >= 0.3 is 0 Å². The van der Waals surface area contributed by atoms with Gasteiger partial charge in [-0.2, -0.15) is 0 Å². The largest absolute Gasteiger partial charge is 0.459 e. The number of anilines is 2. The lowest BCUT2D eigenvalue weighted by atomic mass is 10.2. The van der Waals surface area contributed by atoms with Crippen LogP contribution < -0.4 is 10.6 Å². The molecule has 0 atom stereocenters. The summed E-state index contributed by atoms with van der Waals surface area (Å²) in [5, 5.41) is 5.54. The van der Waals surface area contributed by atoms with Gasteiger partial charge in [0.05, 0.1) is 11.8 Å². The van der Waals surface area contributed by atoms with E-state index in [1.807, 2.05) is 0 Å². The fourth-order valence-corrected chi connectivity index (χ4v) is 2.20. The molecular formula is C17H12ClN3O3. The fraction of sp³-hybridized carbons (Fsp3) is 0. The number of halogens is 1. The third-order valence-electron chi connectivity index (χ3n) is 3.15. The van der Waals surface area contributed by atoms with Gasteiger partial charge in [0.2, 0.25) is 0 Å². The van der Waals surface area contributed by atoms with Crippen LogP contribution in [0.25, 0.3) is 0 Å². The predicted molar refractivity (Wildman–Crippen MR) is 90.3 cm³/mol. The molecule has 3 aromatic rings. The van der Waals surface area contributed by atoms with E-state index in [0.717, 1.165) is 0 Å². The molecule has 0 saturated carbocycles. The van der Waals surface area contributed by atoms with Crippen LogP contribution >= 0.6 is 11.6 Å². The molecule has 24 heavy (non-hydrogen) atoms. The lowest BCUT2D eigenvalue weighted by molar-refractivity contribution is 0.0994. The molecule has 2 amide bonds. The van der Waals surface area contributed by atoms with Gasteiger partial charge in [-0.05, 0) is 48.5 Å². The quantitative estimate of drug-likeness (QED) is 0.706. The molecule has 2 N–H and O–H groups in total. The Bertz CT molecular complexity index is 861. The van der Waals surface area contributed by atoms with Crippen molar-refractivity contribution in [3.8, 4) is 0 Å². The molecule has 0 saturated heterocycles. The zero-order chi connectivity index (χ0) is 16.9. The second-order valence-electron chi connectivity index (χ2n) is 4.80. The zero-order valence-corrected chi connectivity index (χ0v) is 13.1. The van der Waals surface area contributed by atoms with E-state index < -0.39 is 0 Å². The Morgan fingerprint density at radius 1 is 0.917 bits per heavy atom. The molecule has 0 bridgehead atoms. The van der Waals surface area contributed by atoms with Crippen LogP contribution in [-0.2, 0) is 0 Å². The van der Waals surface area contributed by atoms with Crippen molar-refractivity contribution in [2.24, 2.45) is 0 Å². The molecule has 0 spiro atoms. The maximum Gasteiger partial charge on any atom is 0.291 e. The van der Waals surface area contributed by atoms with E-state index in [-0.39, 0.29) is 28.3 Å². The van der Waals surface area contributed by atoms with Gasteiger partial charge in [-0.1, -0.05) is 11.6 Å². The van der Waals surface area contributed by atoms with E-state index >= 15 is 0 Å². The highest BCUT2D eigenvalue weighted by molar-refractivity contribution is 6.33. The average Bonchev–Trinajstić information content (AvgIpc) is 3.11. The van der Waals surface area contributed by atoms with Crippen molar-refractivity contribution in [2.45, 2.75) is 0 Å². The van der Waals surface area contributed by atoms with E-state index in [2.05, 4.69) is 15.6 Å². The Morgan fingerprint density at radius 2 is 1.58 bits per heavy atom. The van der Waals surface area contributed by atoms with Crippen LogP contribution in [0.15, 0.2) is 65.4 Å². The summed E-state index contributed by atoms with van der Waals surface area (Å²) in [5.74, 6) is -0.488. The number of nitrogens with zero attached hydrogens (tertiary/aromatic N) is 1. The molecule has 120 valence electrons. The van der Waals surface area contributed by atoms with Crippen LogP contribution in [0.3, 0.4) is 0 Å². The fourth-order valence-electron chi connectivity index (χ4n) is 1.99. The van der Waals surface area contributed by atoms with Crippen LogP contribution in [0.5, 0.6) is 0 Å². The molecule has 6 nitrogen and oxygen atoms in total. The van der Waals surface area contributed by atoms with Crippen LogP contribution in [0, 0.1) is 0 Å². The molecule has 0 fully saturated rings. The summed E-state index contributed by atoms with van der Waals surface area (Å²) in [4.78, 5) is 27.9. The number of aromatic nitrogens is 1. The minimum Gasteiger partial charge on any atom is -0.459 e. The smallest absolute Gasteiger partial charge is 0.291 e. The number of carbonyl (C=O) groups is 2. The normalized spacial score (nSPS) is 10.2. The highest BCUT2D eigenvalue weighted by Gasteiger charge is 2.11. The van der Waals surface area contributed by atoms with Crippen molar-refractivity contribution < 1.29 is 14.0 Å².